The maximum absolute atomic E-state index is 12.3. The summed E-state index contributed by atoms with van der Waals surface area (Å²) >= 11 is 0. The first-order valence-electron chi connectivity index (χ1n) is 4.36. The topological polar surface area (TPSA) is 78.3 Å². The van der Waals surface area contributed by atoms with Crippen LogP contribution < -0.4 is 5.32 Å². The quantitative estimate of drug-likeness (QED) is 0.700. The summed E-state index contributed by atoms with van der Waals surface area (Å²) in [4.78, 5) is 6.75. The highest BCUT2D eigenvalue weighted by atomic mass is 19.4. The Kier molecular flexibility index (Phi) is 4.02. The summed E-state index contributed by atoms with van der Waals surface area (Å²) in [5.74, 6) is -0.289. The van der Waals surface area contributed by atoms with E-state index in [4.69, 9.17) is 10.2 Å². The van der Waals surface area contributed by atoms with Gasteiger partial charge in [-0.25, -0.2) is 9.97 Å². The first-order valence-corrected chi connectivity index (χ1v) is 4.36. The lowest BCUT2D eigenvalue weighted by Gasteiger charge is -2.13. The van der Waals surface area contributed by atoms with E-state index in [0.29, 0.717) is 0 Å². The third-order valence-corrected chi connectivity index (χ3v) is 1.72. The normalized spacial score (nSPS) is 11.9. The van der Waals surface area contributed by atoms with Gasteiger partial charge in [-0.1, -0.05) is 0 Å². The predicted molar refractivity (Wildman–Crippen MR) is 48.6 cm³/mol. The summed E-state index contributed by atoms with van der Waals surface area (Å²) in [6.45, 7) is -0.869. The Morgan fingerprint density at radius 3 is 2.44 bits per heavy atom. The number of alkyl halides is 3. The molecule has 0 aliphatic carbocycles. The Morgan fingerprint density at radius 1 is 1.31 bits per heavy atom. The summed E-state index contributed by atoms with van der Waals surface area (Å²) in [6.07, 6.45) is -3.60. The Bertz CT molecular complexity index is 342. The highest BCUT2D eigenvalue weighted by Gasteiger charge is 2.32. The minimum absolute atomic E-state index is 0.289. The minimum atomic E-state index is -4.55. The lowest BCUT2D eigenvalue weighted by Crippen LogP contribution is -2.29. The van der Waals surface area contributed by atoms with Gasteiger partial charge in [-0.3, -0.25) is 0 Å². The van der Waals surface area contributed by atoms with Crippen molar-refractivity contribution in [2.24, 2.45) is 0 Å². The maximum atomic E-state index is 12.3. The highest BCUT2D eigenvalue weighted by molar-refractivity contribution is 5.27. The lowest BCUT2D eigenvalue weighted by molar-refractivity contribution is -0.141. The van der Waals surface area contributed by atoms with Gasteiger partial charge in [-0.2, -0.15) is 13.2 Å². The smallest absolute Gasteiger partial charge is 0.394 e. The third kappa shape index (κ3) is 3.31. The number of nitrogens with zero attached hydrogens (tertiary/aromatic N) is 2. The van der Waals surface area contributed by atoms with E-state index in [1.807, 2.05) is 0 Å². The molecule has 90 valence electrons. The minimum Gasteiger partial charge on any atom is -0.394 e. The molecule has 0 aliphatic rings. The van der Waals surface area contributed by atoms with Crippen molar-refractivity contribution in [3.05, 3.63) is 18.0 Å². The van der Waals surface area contributed by atoms with Crippen molar-refractivity contribution in [3.63, 3.8) is 0 Å². The average molecular weight is 237 g/mol. The molecule has 1 aromatic heterocycles. The van der Waals surface area contributed by atoms with Crippen molar-refractivity contribution >= 4 is 5.95 Å². The van der Waals surface area contributed by atoms with E-state index in [1.165, 1.54) is 0 Å². The predicted octanol–water partition coefficient (Wildman–Crippen LogP) is 0.260. The second-order valence-electron chi connectivity index (χ2n) is 2.97. The molecule has 0 aliphatic heterocycles. The molecule has 8 heteroatoms. The van der Waals surface area contributed by atoms with E-state index < -0.39 is 31.1 Å². The third-order valence-electron chi connectivity index (χ3n) is 1.72. The van der Waals surface area contributed by atoms with E-state index in [-0.39, 0.29) is 5.95 Å². The number of hydrogen-bond donors (Lipinski definition) is 3. The van der Waals surface area contributed by atoms with Gasteiger partial charge in [0, 0.05) is 6.20 Å². The summed E-state index contributed by atoms with van der Waals surface area (Å²) in [7, 11) is 0. The number of aromatic nitrogens is 2. The molecule has 0 unspecified atom stereocenters. The highest BCUT2D eigenvalue weighted by Crippen LogP contribution is 2.27. The number of rotatable bonds is 4. The van der Waals surface area contributed by atoms with E-state index in [1.54, 1.807) is 0 Å². The standard InChI is InChI=1S/C8H10F3N3O2/c9-8(10,11)6-1-2-12-7(14-6)13-5(3-15)4-16/h1-2,5,15-16H,3-4H2,(H,12,13,14). The van der Waals surface area contributed by atoms with Crippen LogP contribution in [0.1, 0.15) is 5.69 Å². The molecule has 0 bridgehead atoms. The van der Waals surface area contributed by atoms with Crippen LogP contribution in [0.3, 0.4) is 0 Å². The fourth-order valence-corrected chi connectivity index (χ4v) is 0.918. The van der Waals surface area contributed by atoms with Gasteiger partial charge in [0.1, 0.15) is 5.69 Å². The molecule has 0 amide bonds. The number of aliphatic hydroxyl groups is 2. The number of halogens is 3. The van der Waals surface area contributed by atoms with Crippen LogP contribution in [0.25, 0.3) is 0 Å². The first kappa shape index (κ1) is 12.7. The van der Waals surface area contributed by atoms with E-state index >= 15 is 0 Å². The summed E-state index contributed by atoms with van der Waals surface area (Å²) in [6, 6.07) is -0.0542. The summed E-state index contributed by atoms with van der Waals surface area (Å²) in [5, 5.41) is 19.8. The Labute approximate surface area is 89.0 Å². The maximum Gasteiger partial charge on any atom is 0.433 e. The molecule has 1 rings (SSSR count). The fraction of sp³-hybridized carbons (Fsp3) is 0.500. The van der Waals surface area contributed by atoms with Crippen molar-refractivity contribution in [1.82, 2.24) is 9.97 Å². The molecule has 0 atom stereocenters. The van der Waals surface area contributed by atoms with Crippen LogP contribution >= 0.6 is 0 Å². The number of hydrogen-bond acceptors (Lipinski definition) is 5. The Morgan fingerprint density at radius 2 is 1.94 bits per heavy atom. The van der Waals surface area contributed by atoms with Crippen LogP contribution in [0.5, 0.6) is 0 Å². The number of aliphatic hydroxyl groups excluding tert-OH is 2. The van der Waals surface area contributed by atoms with Crippen molar-refractivity contribution in [3.8, 4) is 0 Å². The van der Waals surface area contributed by atoms with Crippen LogP contribution in [0.15, 0.2) is 12.3 Å². The molecule has 0 spiro atoms. The molecule has 1 heterocycles. The summed E-state index contributed by atoms with van der Waals surface area (Å²) in [5.41, 5.74) is -1.08. The SMILES string of the molecule is OCC(CO)Nc1nccc(C(F)(F)F)n1. The molecular weight excluding hydrogens is 227 g/mol. The van der Waals surface area contributed by atoms with Gasteiger partial charge in [0.15, 0.2) is 0 Å². The molecule has 1 aromatic rings. The van der Waals surface area contributed by atoms with E-state index in [0.717, 1.165) is 12.3 Å². The molecule has 0 radical (unpaired) electrons. The zero-order valence-electron chi connectivity index (χ0n) is 8.07. The lowest BCUT2D eigenvalue weighted by atomic mass is 10.3. The molecule has 0 aromatic carbocycles. The van der Waals surface area contributed by atoms with Gasteiger partial charge < -0.3 is 15.5 Å². The molecule has 5 nitrogen and oxygen atoms in total. The molecule has 0 saturated heterocycles. The average Bonchev–Trinajstić information content (AvgIpc) is 2.25. The Balaban J connectivity index is 2.82. The monoisotopic (exact) mass is 237 g/mol. The molecule has 3 N–H and O–H groups in total. The van der Waals surface area contributed by atoms with Gasteiger partial charge in [0.25, 0.3) is 0 Å². The van der Waals surface area contributed by atoms with Gasteiger partial charge >= 0.3 is 6.18 Å². The van der Waals surface area contributed by atoms with Crippen molar-refractivity contribution < 1.29 is 23.4 Å². The van der Waals surface area contributed by atoms with Gasteiger partial charge in [-0.15, -0.1) is 0 Å². The van der Waals surface area contributed by atoms with Crippen LogP contribution in [-0.2, 0) is 6.18 Å². The second kappa shape index (κ2) is 5.08. The van der Waals surface area contributed by atoms with Crippen LogP contribution in [0.2, 0.25) is 0 Å². The van der Waals surface area contributed by atoms with E-state index in [9.17, 15) is 13.2 Å². The fourth-order valence-electron chi connectivity index (χ4n) is 0.918. The number of nitrogens with one attached hydrogen (secondary N) is 1. The first-order chi connectivity index (χ1) is 7.47. The van der Waals surface area contributed by atoms with Gasteiger partial charge in [-0.05, 0) is 6.07 Å². The molecule has 16 heavy (non-hydrogen) atoms. The van der Waals surface area contributed by atoms with Gasteiger partial charge in [0.2, 0.25) is 5.95 Å². The number of anilines is 1. The van der Waals surface area contributed by atoms with Crippen molar-refractivity contribution in [1.29, 1.82) is 0 Å². The van der Waals surface area contributed by atoms with E-state index in [2.05, 4.69) is 15.3 Å². The van der Waals surface area contributed by atoms with Crippen LogP contribution in [0, 0.1) is 0 Å². The van der Waals surface area contributed by atoms with Gasteiger partial charge in [0.05, 0.1) is 19.3 Å². The second-order valence-corrected chi connectivity index (χ2v) is 2.97. The molecule has 0 fully saturated rings. The van der Waals surface area contributed by atoms with Crippen molar-refractivity contribution in [2.75, 3.05) is 18.5 Å². The zero-order valence-corrected chi connectivity index (χ0v) is 8.07. The largest absolute Gasteiger partial charge is 0.433 e. The molecule has 0 saturated carbocycles. The van der Waals surface area contributed by atoms with Crippen LogP contribution in [-0.4, -0.2) is 39.4 Å². The summed E-state index contributed by atoms with van der Waals surface area (Å²) < 4.78 is 36.8. The van der Waals surface area contributed by atoms with Crippen LogP contribution in [0.4, 0.5) is 19.1 Å². The zero-order chi connectivity index (χ0) is 12.2. The molecular formula is C8H10F3N3O2. The Hall–Kier alpha value is -1.41. The van der Waals surface area contributed by atoms with Crippen molar-refractivity contribution in [2.45, 2.75) is 12.2 Å².